The molecule has 0 heterocycles. The van der Waals surface area contributed by atoms with Crippen LogP contribution in [-0.4, -0.2) is 40.6 Å². The fraction of sp³-hybridized carbons (Fsp3) is 0.778. The third-order valence-electron chi connectivity index (χ3n) is 2.41. The second kappa shape index (κ2) is 4.40. The largest absolute Gasteiger partial charge is 0.480 e. The zero-order chi connectivity index (χ0) is 13.3. The molecule has 6 nitrogen and oxygen atoms in total. The number of aliphatic carboxylic acids is 2. The molecule has 0 spiro atoms. The lowest BCUT2D eigenvalue weighted by atomic mass is 10.1. The molecule has 0 aromatic rings. The maximum absolute atomic E-state index is 11.9. The molecule has 0 aliphatic carbocycles. The summed E-state index contributed by atoms with van der Waals surface area (Å²) in [6.45, 7) is 4.83. The minimum Gasteiger partial charge on any atom is -0.480 e. The third kappa shape index (κ3) is 2.34. The Morgan fingerprint density at radius 3 is 1.69 bits per heavy atom. The van der Waals surface area contributed by atoms with Crippen LogP contribution in [0.3, 0.4) is 0 Å². The minimum absolute atomic E-state index is 0.693. The zero-order valence-electron chi connectivity index (χ0n) is 9.59. The van der Waals surface area contributed by atoms with Gasteiger partial charge in [-0.3, -0.25) is 9.59 Å². The first kappa shape index (κ1) is 14.9. The predicted molar refractivity (Wildman–Crippen MR) is 56.9 cm³/mol. The number of hydrogen-bond donors (Lipinski definition) is 2. The molecule has 94 valence electrons. The molecule has 7 heteroatoms. The van der Waals surface area contributed by atoms with E-state index in [0.29, 0.717) is 0 Å². The van der Waals surface area contributed by atoms with E-state index in [4.69, 9.17) is 10.2 Å². The summed E-state index contributed by atoms with van der Waals surface area (Å²) in [5, 5.41) is 16.0. The van der Waals surface area contributed by atoms with Crippen LogP contribution >= 0.6 is 0 Å². The molecular formula is C9H16O6S. The Morgan fingerprint density at radius 2 is 1.50 bits per heavy atom. The first-order valence-corrected chi connectivity index (χ1v) is 6.20. The predicted octanol–water partition coefficient (Wildman–Crippen LogP) is 0.374. The summed E-state index contributed by atoms with van der Waals surface area (Å²) < 4.78 is 21.7. The van der Waals surface area contributed by atoms with Crippen molar-refractivity contribution >= 4 is 21.8 Å². The van der Waals surface area contributed by atoms with Crippen molar-refractivity contribution in [3.63, 3.8) is 0 Å². The number of rotatable bonds is 5. The third-order valence-corrected chi connectivity index (χ3v) is 5.42. The maximum Gasteiger partial charge on any atom is 0.324 e. The Morgan fingerprint density at radius 1 is 1.12 bits per heavy atom. The molecule has 0 aliphatic rings. The average molecular weight is 252 g/mol. The molecule has 0 rings (SSSR count). The highest BCUT2D eigenvalue weighted by atomic mass is 32.2. The number of carboxylic acid groups (broad SMARTS) is 2. The monoisotopic (exact) mass is 252 g/mol. The van der Waals surface area contributed by atoms with E-state index in [1.165, 1.54) is 13.8 Å². The van der Waals surface area contributed by atoms with Crippen molar-refractivity contribution in [2.45, 2.75) is 37.7 Å². The number of hydrogen-bond acceptors (Lipinski definition) is 4. The van der Waals surface area contributed by atoms with Gasteiger partial charge in [-0.25, -0.2) is 8.42 Å². The Kier molecular flexibility index (Phi) is 4.10. The second-order valence-corrected chi connectivity index (χ2v) is 6.98. The summed E-state index contributed by atoms with van der Waals surface area (Å²) in [5.41, 5.74) is 0. The van der Waals surface area contributed by atoms with Crippen LogP contribution in [0.25, 0.3) is 0 Å². The first-order chi connectivity index (χ1) is 6.96. The normalized spacial score (nSPS) is 14.8. The van der Waals surface area contributed by atoms with Gasteiger partial charge in [0.2, 0.25) is 0 Å². The summed E-state index contributed by atoms with van der Waals surface area (Å²) in [7, 11) is -4.30. The van der Waals surface area contributed by atoms with Gasteiger partial charge in [0.1, 0.15) is 0 Å². The minimum atomic E-state index is -4.30. The molecular weight excluding hydrogens is 236 g/mol. The zero-order valence-corrected chi connectivity index (χ0v) is 10.4. The van der Waals surface area contributed by atoms with Gasteiger partial charge in [-0.1, -0.05) is 13.8 Å². The second-order valence-electron chi connectivity index (χ2n) is 4.36. The van der Waals surface area contributed by atoms with Gasteiger partial charge in [-0.15, -0.1) is 0 Å². The molecule has 0 saturated heterocycles. The van der Waals surface area contributed by atoms with Gasteiger partial charge >= 0.3 is 11.9 Å². The smallest absolute Gasteiger partial charge is 0.324 e. The van der Waals surface area contributed by atoms with E-state index in [1.54, 1.807) is 0 Å². The molecule has 2 N–H and O–H groups in total. The number of carboxylic acids is 2. The first-order valence-electron chi connectivity index (χ1n) is 4.66. The lowest BCUT2D eigenvalue weighted by molar-refractivity contribution is -0.139. The van der Waals surface area contributed by atoms with Gasteiger partial charge in [0.15, 0.2) is 19.8 Å². The van der Waals surface area contributed by atoms with Crippen molar-refractivity contribution in [1.82, 2.24) is 0 Å². The van der Waals surface area contributed by atoms with Gasteiger partial charge in [-0.2, -0.15) is 0 Å². The molecule has 1 unspecified atom stereocenters. The van der Waals surface area contributed by atoms with Gasteiger partial charge in [0.05, 0.1) is 0 Å². The topological polar surface area (TPSA) is 109 Å². The number of sulfone groups is 1. The highest BCUT2D eigenvalue weighted by molar-refractivity contribution is 7.94. The molecule has 0 saturated carbocycles. The van der Waals surface area contributed by atoms with E-state index in [9.17, 15) is 18.0 Å². The molecule has 16 heavy (non-hydrogen) atoms. The maximum atomic E-state index is 11.9. The van der Waals surface area contributed by atoms with Crippen LogP contribution in [0.2, 0.25) is 0 Å². The van der Waals surface area contributed by atoms with E-state index in [1.807, 2.05) is 0 Å². The average Bonchev–Trinajstić information content (AvgIpc) is 2.00. The van der Waals surface area contributed by atoms with Gasteiger partial charge in [-0.05, 0) is 19.8 Å². The summed E-state index contributed by atoms with van der Waals surface area (Å²) in [4.78, 5) is 21.7. The lowest BCUT2D eigenvalue weighted by Crippen LogP contribution is -2.50. The van der Waals surface area contributed by atoms with E-state index in [2.05, 4.69) is 0 Å². The summed E-state index contributed by atoms with van der Waals surface area (Å²) >= 11 is 0. The fourth-order valence-electron chi connectivity index (χ4n) is 1.22. The Bertz CT molecular complexity index is 392. The van der Waals surface area contributed by atoms with E-state index < -0.39 is 37.7 Å². The quantitative estimate of drug-likeness (QED) is 0.731. The van der Waals surface area contributed by atoms with Crippen molar-refractivity contribution in [3.05, 3.63) is 0 Å². The van der Waals surface area contributed by atoms with Crippen molar-refractivity contribution in [1.29, 1.82) is 0 Å². The van der Waals surface area contributed by atoms with Crippen LogP contribution in [-0.2, 0) is 19.4 Å². The van der Waals surface area contributed by atoms with Crippen molar-refractivity contribution < 1.29 is 28.2 Å². The standard InChI is InChI=1S/C9H16O6S/c1-5(2)6(7(10)11)16(14,15)9(3,4)8(12)13/h5-6H,1-4H3,(H,10,11)(H,12,13). The summed E-state index contributed by atoms with van der Waals surface area (Å²) in [5.74, 6) is -3.77. The van der Waals surface area contributed by atoms with Gasteiger partial charge < -0.3 is 10.2 Å². The highest BCUT2D eigenvalue weighted by Gasteiger charge is 2.50. The van der Waals surface area contributed by atoms with E-state index >= 15 is 0 Å². The van der Waals surface area contributed by atoms with Crippen LogP contribution in [0.4, 0.5) is 0 Å². The fourth-order valence-corrected chi connectivity index (χ4v) is 3.08. The van der Waals surface area contributed by atoms with E-state index in [0.717, 1.165) is 13.8 Å². The Labute approximate surface area is 94.2 Å². The molecule has 0 amide bonds. The Balaban J connectivity index is 5.68. The van der Waals surface area contributed by atoms with Crippen LogP contribution in [0.5, 0.6) is 0 Å². The molecule has 0 aromatic heterocycles. The molecule has 0 aliphatic heterocycles. The lowest BCUT2D eigenvalue weighted by Gasteiger charge is -2.26. The van der Waals surface area contributed by atoms with Crippen molar-refractivity contribution in [2.75, 3.05) is 0 Å². The summed E-state index contributed by atoms with van der Waals surface area (Å²) in [6.07, 6.45) is 0. The van der Waals surface area contributed by atoms with Gasteiger partial charge in [0, 0.05) is 0 Å². The number of carbonyl (C=O) groups is 2. The molecule has 0 bridgehead atoms. The molecule has 1 atom stereocenters. The van der Waals surface area contributed by atoms with Crippen molar-refractivity contribution in [2.24, 2.45) is 5.92 Å². The summed E-state index contributed by atoms with van der Waals surface area (Å²) in [6, 6.07) is 0. The molecule has 0 aromatic carbocycles. The molecule has 0 fully saturated rings. The van der Waals surface area contributed by atoms with Crippen LogP contribution in [0.15, 0.2) is 0 Å². The van der Waals surface area contributed by atoms with Crippen LogP contribution in [0, 0.1) is 5.92 Å². The van der Waals surface area contributed by atoms with E-state index in [-0.39, 0.29) is 0 Å². The molecule has 0 radical (unpaired) electrons. The van der Waals surface area contributed by atoms with Crippen LogP contribution < -0.4 is 0 Å². The SMILES string of the molecule is CC(C)C(C(=O)O)S(=O)(=O)C(C)(C)C(=O)O. The Hall–Kier alpha value is -1.11. The van der Waals surface area contributed by atoms with Crippen LogP contribution in [0.1, 0.15) is 27.7 Å². The van der Waals surface area contributed by atoms with Crippen molar-refractivity contribution in [3.8, 4) is 0 Å². The van der Waals surface area contributed by atoms with Gasteiger partial charge in [0.25, 0.3) is 0 Å². The highest BCUT2D eigenvalue weighted by Crippen LogP contribution is 2.26.